The Labute approximate surface area is 166 Å². The van der Waals surface area contributed by atoms with Crippen molar-refractivity contribution in [1.29, 1.82) is 5.26 Å². The van der Waals surface area contributed by atoms with E-state index in [-0.39, 0.29) is 16.1 Å². The summed E-state index contributed by atoms with van der Waals surface area (Å²) in [5, 5.41) is 20.3. The van der Waals surface area contributed by atoms with Gasteiger partial charge in [0.25, 0.3) is 10.0 Å². The zero-order valence-corrected chi connectivity index (χ0v) is 16.5. The molecule has 1 heterocycles. The van der Waals surface area contributed by atoms with Gasteiger partial charge in [-0.3, -0.25) is 4.72 Å². The predicted molar refractivity (Wildman–Crippen MR) is 108 cm³/mol. The molecular formula is C20H16N2O4S2. The lowest BCUT2D eigenvalue weighted by molar-refractivity contribution is 0.0696. The molecule has 28 heavy (non-hydrogen) atoms. The van der Waals surface area contributed by atoms with E-state index in [2.05, 4.69) is 4.72 Å². The zero-order valence-electron chi connectivity index (χ0n) is 14.8. The van der Waals surface area contributed by atoms with E-state index in [1.54, 1.807) is 19.1 Å². The fourth-order valence-electron chi connectivity index (χ4n) is 2.77. The number of sulfonamides is 1. The van der Waals surface area contributed by atoms with Crippen LogP contribution in [0.25, 0.3) is 10.4 Å². The van der Waals surface area contributed by atoms with Crippen molar-refractivity contribution in [2.45, 2.75) is 18.2 Å². The highest BCUT2D eigenvalue weighted by molar-refractivity contribution is 7.92. The molecule has 0 radical (unpaired) electrons. The molecule has 142 valence electrons. The molecule has 1 aromatic heterocycles. The lowest BCUT2D eigenvalue weighted by Gasteiger charge is -2.15. The van der Waals surface area contributed by atoms with Gasteiger partial charge in [-0.2, -0.15) is 5.26 Å². The average Bonchev–Trinajstić information content (AvgIpc) is 3.21. The minimum absolute atomic E-state index is 0.0885. The molecule has 6 nitrogen and oxygen atoms in total. The molecule has 2 N–H and O–H groups in total. The highest BCUT2D eigenvalue weighted by Gasteiger charge is 2.22. The van der Waals surface area contributed by atoms with Crippen molar-refractivity contribution in [3.8, 4) is 16.5 Å². The number of aromatic carboxylic acids is 1. The van der Waals surface area contributed by atoms with E-state index in [0.717, 1.165) is 10.9 Å². The first kappa shape index (κ1) is 19.6. The van der Waals surface area contributed by atoms with Crippen molar-refractivity contribution in [1.82, 2.24) is 0 Å². The molecule has 8 heteroatoms. The number of nitrogens with zero attached hydrogens (tertiary/aromatic N) is 1. The van der Waals surface area contributed by atoms with E-state index in [4.69, 9.17) is 0 Å². The van der Waals surface area contributed by atoms with Gasteiger partial charge in [0.05, 0.1) is 27.8 Å². The summed E-state index contributed by atoms with van der Waals surface area (Å²) in [5.41, 5.74) is 1.62. The Morgan fingerprint density at radius 2 is 2.00 bits per heavy atom. The summed E-state index contributed by atoms with van der Waals surface area (Å²) in [6, 6.07) is 14.5. The van der Waals surface area contributed by atoms with Crippen molar-refractivity contribution in [2.75, 3.05) is 4.72 Å². The first-order chi connectivity index (χ1) is 13.4. The van der Waals surface area contributed by atoms with Gasteiger partial charge in [0.2, 0.25) is 0 Å². The van der Waals surface area contributed by atoms with Crippen LogP contribution in [0.4, 0.5) is 5.69 Å². The molecule has 3 rings (SSSR count). The fourth-order valence-corrected chi connectivity index (χ4v) is 4.95. The minimum Gasteiger partial charge on any atom is -0.478 e. The quantitative estimate of drug-likeness (QED) is 0.626. The highest BCUT2D eigenvalue weighted by Crippen LogP contribution is 2.34. The summed E-state index contributed by atoms with van der Waals surface area (Å²) in [7, 11) is -4.07. The molecule has 2 aromatic carbocycles. The van der Waals surface area contributed by atoms with E-state index in [9.17, 15) is 23.6 Å². The number of nitriles is 1. The van der Waals surface area contributed by atoms with E-state index in [1.165, 1.54) is 29.5 Å². The highest BCUT2D eigenvalue weighted by atomic mass is 32.2. The average molecular weight is 412 g/mol. The first-order valence-corrected chi connectivity index (χ1v) is 10.7. The van der Waals surface area contributed by atoms with Crippen molar-refractivity contribution in [3.63, 3.8) is 0 Å². The number of rotatable bonds is 6. The maximum absolute atomic E-state index is 13.1. The maximum atomic E-state index is 13.1. The number of aryl methyl sites for hydroxylation is 1. The smallest absolute Gasteiger partial charge is 0.335 e. The number of carboxylic acids is 1. The summed E-state index contributed by atoms with van der Waals surface area (Å²) < 4.78 is 28.7. The van der Waals surface area contributed by atoms with Crippen LogP contribution in [0.3, 0.4) is 0 Å². The van der Waals surface area contributed by atoms with Crippen molar-refractivity contribution in [3.05, 3.63) is 70.6 Å². The standard InChI is InChI=1S/C20H16N2O4S2/c1-2-14-6-7-15(20(23)24)11-19(14)28(25,26)22-17-10-13(12-21)5-8-16(17)18-4-3-9-27-18/h3-11,22H,2H2,1H3,(H,23,24). The Morgan fingerprint density at radius 1 is 1.21 bits per heavy atom. The van der Waals surface area contributed by atoms with Crippen molar-refractivity contribution >= 4 is 33.0 Å². The van der Waals surface area contributed by atoms with Gasteiger partial charge in [-0.25, -0.2) is 13.2 Å². The maximum Gasteiger partial charge on any atom is 0.335 e. The van der Waals surface area contributed by atoms with Gasteiger partial charge in [-0.1, -0.05) is 25.1 Å². The Balaban J connectivity index is 2.12. The summed E-state index contributed by atoms with van der Waals surface area (Å²) in [6.07, 6.45) is 0.423. The van der Waals surface area contributed by atoms with Gasteiger partial charge < -0.3 is 5.11 Å². The Kier molecular flexibility index (Phi) is 5.49. The van der Waals surface area contributed by atoms with E-state index >= 15 is 0 Å². The molecule has 0 saturated carbocycles. The third-order valence-electron chi connectivity index (χ3n) is 4.16. The van der Waals surface area contributed by atoms with E-state index in [1.807, 2.05) is 23.6 Å². The van der Waals surface area contributed by atoms with Crippen molar-refractivity contribution in [2.24, 2.45) is 0 Å². The largest absolute Gasteiger partial charge is 0.478 e. The van der Waals surface area contributed by atoms with Crippen LogP contribution in [0.1, 0.15) is 28.4 Å². The van der Waals surface area contributed by atoms with Crippen LogP contribution in [-0.2, 0) is 16.4 Å². The monoisotopic (exact) mass is 412 g/mol. The van der Waals surface area contributed by atoms with Crippen LogP contribution in [0.5, 0.6) is 0 Å². The molecule has 0 fully saturated rings. The Bertz CT molecular complexity index is 1180. The van der Waals surface area contributed by atoms with Crippen LogP contribution in [0, 0.1) is 11.3 Å². The third kappa shape index (κ3) is 3.91. The number of carboxylic acid groups (broad SMARTS) is 1. The molecular weight excluding hydrogens is 396 g/mol. The van der Waals surface area contributed by atoms with Gasteiger partial charge in [0.15, 0.2) is 0 Å². The second kappa shape index (κ2) is 7.84. The topological polar surface area (TPSA) is 107 Å². The molecule has 0 aliphatic heterocycles. The van der Waals surface area contributed by atoms with Crippen LogP contribution in [0.2, 0.25) is 0 Å². The molecule has 0 bridgehead atoms. The van der Waals surface area contributed by atoms with E-state index in [0.29, 0.717) is 23.1 Å². The summed E-state index contributed by atoms with van der Waals surface area (Å²) in [5.74, 6) is -1.20. The van der Waals surface area contributed by atoms with Crippen LogP contribution in [-0.4, -0.2) is 19.5 Å². The third-order valence-corrected chi connectivity index (χ3v) is 6.52. The Morgan fingerprint density at radius 3 is 2.61 bits per heavy atom. The number of hydrogen-bond acceptors (Lipinski definition) is 5. The van der Waals surface area contributed by atoms with Crippen molar-refractivity contribution < 1.29 is 18.3 Å². The molecule has 0 atom stereocenters. The van der Waals surface area contributed by atoms with Crippen LogP contribution >= 0.6 is 11.3 Å². The lowest BCUT2D eigenvalue weighted by Crippen LogP contribution is -2.16. The van der Waals surface area contributed by atoms with Gasteiger partial charge in [-0.15, -0.1) is 11.3 Å². The minimum atomic E-state index is -4.07. The summed E-state index contributed by atoms with van der Waals surface area (Å²) in [4.78, 5) is 12.0. The number of nitrogens with one attached hydrogen (secondary N) is 1. The lowest BCUT2D eigenvalue weighted by atomic mass is 10.1. The van der Waals surface area contributed by atoms with Gasteiger partial charge in [0.1, 0.15) is 0 Å². The number of thiophene rings is 1. The molecule has 0 unspecified atom stereocenters. The normalized spacial score (nSPS) is 11.0. The van der Waals surface area contributed by atoms with Gasteiger partial charge in [0, 0.05) is 10.4 Å². The number of benzene rings is 2. The SMILES string of the molecule is CCc1ccc(C(=O)O)cc1S(=O)(=O)Nc1cc(C#N)ccc1-c1cccs1. The molecule has 0 saturated heterocycles. The zero-order chi connectivity index (χ0) is 20.3. The van der Waals surface area contributed by atoms with Gasteiger partial charge >= 0.3 is 5.97 Å². The number of carbonyl (C=O) groups is 1. The second-order valence-corrected chi connectivity index (χ2v) is 8.53. The molecule has 0 aliphatic carbocycles. The Hall–Kier alpha value is -3.15. The summed E-state index contributed by atoms with van der Waals surface area (Å²) >= 11 is 1.44. The predicted octanol–water partition coefficient (Wildman–Crippen LogP) is 4.35. The molecule has 0 amide bonds. The summed E-state index contributed by atoms with van der Waals surface area (Å²) in [6.45, 7) is 1.79. The van der Waals surface area contributed by atoms with Gasteiger partial charge in [-0.05, 0) is 47.7 Å². The van der Waals surface area contributed by atoms with E-state index < -0.39 is 16.0 Å². The second-order valence-electron chi connectivity index (χ2n) is 5.94. The van der Waals surface area contributed by atoms with Crippen LogP contribution < -0.4 is 4.72 Å². The number of hydrogen-bond donors (Lipinski definition) is 2. The van der Waals surface area contributed by atoms with Crippen LogP contribution in [0.15, 0.2) is 58.8 Å². The molecule has 0 aliphatic rings. The fraction of sp³-hybridized carbons (Fsp3) is 0.100. The first-order valence-electron chi connectivity index (χ1n) is 8.32. The molecule has 0 spiro atoms. The molecule has 3 aromatic rings. The number of anilines is 1.